The fraction of sp³-hybridized carbons (Fsp3) is 0.355. The summed E-state index contributed by atoms with van der Waals surface area (Å²) in [6.45, 7) is 4.62. The van der Waals surface area contributed by atoms with E-state index in [-0.39, 0.29) is 48.6 Å². The lowest BCUT2D eigenvalue weighted by Gasteiger charge is -2.32. The summed E-state index contributed by atoms with van der Waals surface area (Å²) in [5, 5.41) is 3.77. The fourth-order valence-corrected chi connectivity index (χ4v) is 6.07. The quantitative estimate of drug-likeness (QED) is 0.247. The van der Waals surface area contributed by atoms with Crippen molar-refractivity contribution < 1.29 is 18.0 Å². The van der Waals surface area contributed by atoms with Crippen LogP contribution in [0.5, 0.6) is 0 Å². The SMILES string of the molecule is CC(C)CNC(=O)[C@@H](Cc1ccccc1)N(Cc1c(Cl)cccc1Cl)C(=O)CCCN(C)S(=O)(=O)c1ccccc1. The molecule has 0 aliphatic rings. The van der Waals surface area contributed by atoms with E-state index in [1.165, 1.54) is 28.4 Å². The Morgan fingerprint density at radius 2 is 1.46 bits per heavy atom. The molecule has 0 aliphatic carbocycles. The highest BCUT2D eigenvalue weighted by atomic mass is 35.5. The molecule has 3 aromatic carbocycles. The van der Waals surface area contributed by atoms with Gasteiger partial charge in [0.05, 0.1) is 4.90 Å². The summed E-state index contributed by atoms with van der Waals surface area (Å²) in [6, 6.07) is 21.9. The van der Waals surface area contributed by atoms with Crippen molar-refractivity contribution in [1.82, 2.24) is 14.5 Å². The number of carbonyl (C=O) groups is 2. The van der Waals surface area contributed by atoms with Gasteiger partial charge >= 0.3 is 0 Å². The second-order valence-electron chi connectivity index (χ2n) is 10.3. The molecule has 3 rings (SSSR count). The average molecular weight is 619 g/mol. The molecule has 41 heavy (non-hydrogen) atoms. The first-order chi connectivity index (χ1) is 19.5. The Labute approximate surface area is 253 Å². The van der Waals surface area contributed by atoms with Gasteiger partial charge in [0.2, 0.25) is 21.8 Å². The summed E-state index contributed by atoms with van der Waals surface area (Å²) in [5.41, 5.74) is 1.44. The first kappa shape index (κ1) is 32.6. The number of rotatable bonds is 14. The fourth-order valence-electron chi connectivity index (χ4n) is 4.32. The second kappa shape index (κ2) is 15.4. The van der Waals surface area contributed by atoms with Gasteiger partial charge in [0.15, 0.2) is 0 Å². The van der Waals surface area contributed by atoms with E-state index < -0.39 is 16.1 Å². The van der Waals surface area contributed by atoms with E-state index in [1.54, 1.807) is 36.4 Å². The van der Waals surface area contributed by atoms with Crippen LogP contribution in [0.2, 0.25) is 10.0 Å². The van der Waals surface area contributed by atoms with E-state index in [9.17, 15) is 18.0 Å². The molecule has 2 amide bonds. The highest BCUT2D eigenvalue weighted by molar-refractivity contribution is 7.89. The third-order valence-corrected chi connectivity index (χ3v) is 9.24. The van der Waals surface area contributed by atoms with Crippen molar-refractivity contribution in [3.8, 4) is 0 Å². The van der Waals surface area contributed by atoms with Crippen LogP contribution in [-0.4, -0.2) is 55.6 Å². The lowest BCUT2D eigenvalue weighted by Crippen LogP contribution is -2.51. The van der Waals surface area contributed by atoms with Crippen LogP contribution in [0.1, 0.15) is 37.8 Å². The van der Waals surface area contributed by atoms with Gasteiger partial charge in [0.1, 0.15) is 6.04 Å². The van der Waals surface area contributed by atoms with Crippen molar-refractivity contribution in [3.05, 3.63) is 100 Å². The van der Waals surface area contributed by atoms with Gasteiger partial charge < -0.3 is 10.2 Å². The third-order valence-electron chi connectivity index (χ3n) is 6.66. The van der Waals surface area contributed by atoms with Crippen molar-refractivity contribution in [2.24, 2.45) is 5.92 Å². The molecule has 0 saturated carbocycles. The van der Waals surface area contributed by atoms with Gasteiger partial charge in [-0.05, 0) is 42.2 Å². The van der Waals surface area contributed by atoms with Crippen molar-refractivity contribution in [3.63, 3.8) is 0 Å². The zero-order chi connectivity index (χ0) is 30.0. The Bertz CT molecular complexity index is 1380. The number of nitrogens with one attached hydrogen (secondary N) is 1. The molecule has 0 radical (unpaired) electrons. The Hall–Kier alpha value is -2.91. The summed E-state index contributed by atoms with van der Waals surface area (Å²) in [4.78, 5) is 29.1. The van der Waals surface area contributed by atoms with Gasteiger partial charge in [-0.2, -0.15) is 0 Å². The number of benzene rings is 3. The van der Waals surface area contributed by atoms with Gasteiger partial charge in [-0.15, -0.1) is 0 Å². The molecule has 1 N–H and O–H groups in total. The van der Waals surface area contributed by atoms with Crippen molar-refractivity contribution in [2.45, 2.75) is 50.6 Å². The maximum absolute atomic E-state index is 13.8. The van der Waals surface area contributed by atoms with E-state index in [0.717, 1.165) is 5.56 Å². The highest BCUT2D eigenvalue weighted by Crippen LogP contribution is 2.28. The van der Waals surface area contributed by atoms with Crippen LogP contribution in [0.15, 0.2) is 83.8 Å². The predicted molar refractivity (Wildman–Crippen MR) is 164 cm³/mol. The molecule has 7 nitrogen and oxygen atoms in total. The summed E-state index contributed by atoms with van der Waals surface area (Å²) in [6.07, 6.45) is 0.583. The minimum absolute atomic E-state index is 0.0273. The van der Waals surface area contributed by atoms with Crippen LogP contribution in [0, 0.1) is 5.92 Å². The van der Waals surface area contributed by atoms with Crippen LogP contribution >= 0.6 is 23.2 Å². The molecule has 0 spiro atoms. The molecular weight excluding hydrogens is 581 g/mol. The van der Waals surface area contributed by atoms with E-state index in [0.29, 0.717) is 28.6 Å². The summed E-state index contributed by atoms with van der Waals surface area (Å²) < 4.78 is 27.1. The number of sulfonamides is 1. The van der Waals surface area contributed by atoms with Crippen LogP contribution < -0.4 is 5.32 Å². The molecule has 0 saturated heterocycles. The Morgan fingerprint density at radius 1 is 0.878 bits per heavy atom. The molecular formula is C31H37Cl2N3O4S. The lowest BCUT2D eigenvalue weighted by molar-refractivity contribution is -0.141. The minimum atomic E-state index is -3.69. The predicted octanol–water partition coefficient (Wildman–Crippen LogP) is 5.81. The van der Waals surface area contributed by atoms with Crippen LogP contribution in [0.3, 0.4) is 0 Å². The number of hydrogen-bond acceptors (Lipinski definition) is 4. The molecule has 0 aromatic heterocycles. The Morgan fingerprint density at radius 3 is 2.05 bits per heavy atom. The third kappa shape index (κ3) is 9.30. The van der Waals surface area contributed by atoms with Gasteiger partial charge in [-0.1, -0.05) is 91.6 Å². The van der Waals surface area contributed by atoms with Gasteiger partial charge in [-0.25, -0.2) is 12.7 Å². The second-order valence-corrected chi connectivity index (χ2v) is 13.2. The van der Waals surface area contributed by atoms with E-state index in [2.05, 4.69) is 5.32 Å². The normalized spacial score (nSPS) is 12.4. The molecule has 0 unspecified atom stereocenters. The summed E-state index contributed by atoms with van der Waals surface area (Å²) >= 11 is 13.0. The maximum Gasteiger partial charge on any atom is 0.243 e. The first-order valence-electron chi connectivity index (χ1n) is 13.6. The zero-order valence-electron chi connectivity index (χ0n) is 23.6. The number of halogens is 2. The molecule has 1 atom stereocenters. The lowest BCUT2D eigenvalue weighted by atomic mass is 10.0. The van der Waals surface area contributed by atoms with Crippen molar-refractivity contribution in [1.29, 1.82) is 0 Å². The minimum Gasteiger partial charge on any atom is -0.354 e. The van der Waals surface area contributed by atoms with Crippen LogP contribution in [0.25, 0.3) is 0 Å². The van der Waals surface area contributed by atoms with Crippen molar-refractivity contribution in [2.75, 3.05) is 20.1 Å². The van der Waals surface area contributed by atoms with Crippen molar-refractivity contribution >= 4 is 45.0 Å². The number of hydrogen-bond donors (Lipinski definition) is 1. The Balaban J connectivity index is 1.87. The molecule has 0 heterocycles. The van der Waals surface area contributed by atoms with E-state index in [4.69, 9.17) is 23.2 Å². The zero-order valence-corrected chi connectivity index (χ0v) is 25.9. The molecule has 220 valence electrons. The molecule has 0 aliphatic heterocycles. The van der Waals surface area contributed by atoms with E-state index >= 15 is 0 Å². The maximum atomic E-state index is 13.8. The van der Waals surface area contributed by atoms with Gasteiger partial charge in [0.25, 0.3) is 0 Å². The Kier molecular flexibility index (Phi) is 12.2. The van der Waals surface area contributed by atoms with E-state index in [1.807, 2.05) is 44.2 Å². The van der Waals surface area contributed by atoms with Crippen LogP contribution in [-0.2, 0) is 32.6 Å². The topological polar surface area (TPSA) is 86.8 Å². The number of nitrogens with zero attached hydrogens (tertiary/aromatic N) is 2. The van der Waals surface area contributed by atoms with Crippen LogP contribution in [0.4, 0.5) is 0 Å². The molecule has 3 aromatic rings. The smallest absolute Gasteiger partial charge is 0.243 e. The highest BCUT2D eigenvalue weighted by Gasteiger charge is 2.31. The number of carbonyl (C=O) groups excluding carboxylic acids is 2. The summed E-state index contributed by atoms with van der Waals surface area (Å²) in [7, 11) is -2.20. The molecule has 0 bridgehead atoms. The molecule has 0 fully saturated rings. The standard InChI is InChI=1S/C31H37Cl2N3O4S/c1-23(2)21-34-31(38)29(20-24-12-6-4-7-13-24)36(22-26-27(32)16-10-17-28(26)33)30(37)18-11-19-35(3)41(39,40)25-14-8-5-9-15-25/h4-10,12-17,23,29H,11,18-22H2,1-3H3,(H,34,38)/t29-/m1/s1. The molecule has 10 heteroatoms. The monoisotopic (exact) mass is 617 g/mol. The average Bonchev–Trinajstić information content (AvgIpc) is 2.95. The van der Waals surface area contributed by atoms with Gasteiger partial charge in [-0.3, -0.25) is 9.59 Å². The largest absolute Gasteiger partial charge is 0.354 e. The number of amides is 2. The van der Waals surface area contributed by atoms with Gasteiger partial charge in [0, 0.05) is 55.1 Å². The summed E-state index contributed by atoms with van der Waals surface area (Å²) in [5.74, 6) is -0.351. The first-order valence-corrected chi connectivity index (χ1v) is 15.8.